The van der Waals surface area contributed by atoms with Gasteiger partial charge in [0, 0.05) is 25.7 Å². The molecule has 1 aliphatic heterocycles. The monoisotopic (exact) mass is 279 g/mol. The molecule has 1 unspecified atom stereocenters. The molecule has 1 saturated heterocycles. The smallest absolute Gasteiger partial charge is 0.146 e. The van der Waals surface area contributed by atoms with Crippen LogP contribution in [0.2, 0.25) is 0 Å². The van der Waals surface area contributed by atoms with Crippen molar-refractivity contribution in [3.8, 4) is 0 Å². The van der Waals surface area contributed by atoms with E-state index >= 15 is 0 Å². The fourth-order valence-corrected chi connectivity index (χ4v) is 3.23. The van der Waals surface area contributed by atoms with Crippen LogP contribution in [0.25, 0.3) is 0 Å². The average molecular weight is 279 g/mol. The third-order valence-corrected chi connectivity index (χ3v) is 4.28. The molecule has 0 spiro atoms. The predicted octanol–water partition coefficient (Wildman–Crippen LogP) is 2.77. The lowest BCUT2D eigenvalue weighted by Crippen LogP contribution is -2.39. The average Bonchev–Trinajstić information content (AvgIpc) is 2.85. The molecule has 3 nitrogen and oxygen atoms in total. The number of hydrogen-bond donors (Lipinski definition) is 1. The molecule has 0 radical (unpaired) electrons. The van der Waals surface area contributed by atoms with Crippen LogP contribution in [0.1, 0.15) is 38.3 Å². The van der Waals surface area contributed by atoms with Crippen LogP contribution in [0, 0.1) is 5.82 Å². The van der Waals surface area contributed by atoms with Gasteiger partial charge in [0.2, 0.25) is 0 Å². The van der Waals surface area contributed by atoms with Gasteiger partial charge in [0.15, 0.2) is 0 Å². The Morgan fingerprint density at radius 2 is 2.25 bits per heavy atom. The van der Waals surface area contributed by atoms with Crippen molar-refractivity contribution in [1.29, 1.82) is 0 Å². The summed E-state index contributed by atoms with van der Waals surface area (Å²) in [5.74, 6) is -0.177. The van der Waals surface area contributed by atoms with Gasteiger partial charge in [-0.05, 0) is 44.5 Å². The Balaban J connectivity index is 2.18. The largest absolute Gasteiger partial charge is 0.370 e. The van der Waals surface area contributed by atoms with E-state index in [4.69, 9.17) is 5.73 Å². The van der Waals surface area contributed by atoms with Crippen LogP contribution in [0.3, 0.4) is 0 Å². The van der Waals surface area contributed by atoms with Crippen LogP contribution in [0.4, 0.5) is 10.1 Å². The summed E-state index contributed by atoms with van der Waals surface area (Å²) in [6.07, 6.45) is 2.43. The van der Waals surface area contributed by atoms with Gasteiger partial charge in [-0.2, -0.15) is 0 Å². The van der Waals surface area contributed by atoms with Gasteiger partial charge in [-0.25, -0.2) is 4.39 Å². The van der Waals surface area contributed by atoms with Gasteiger partial charge in [0.05, 0.1) is 5.69 Å². The number of benzene rings is 1. The topological polar surface area (TPSA) is 32.5 Å². The number of para-hydroxylation sites is 1. The fraction of sp³-hybridized carbons (Fsp3) is 0.625. The first-order valence-electron chi connectivity index (χ1n) is 7.53. The van der Waals surface area contributed by atoms with Crippen LogP contribution in [-0.4, -0.2) is 37.6 Å². The molecule has 1 fully saturated rings. The summed E-state index contributed by atoms with van der Waals surface area (Å²) in [5.41, 5.74) is 7.52. The van der Waals surface area contributed by atoms with Gasteiger partial charge in [0.1, 0.15) is 5.82 Å². The summed E-state index contributed by atoms with van der Waals surface area (Å²) in [6, 6.07) is 5.54. The molecular formula is C16H26FN3. The number of likely N-dealkylation sites (tertiary alicyclic amines) is 1. The third-order valence-electron chi connectivity index (χ3n) is 4.28. The van der Waals surface area contributed by atoms with E-state index in [0.717, 1.165) is 25.2 Å². The molecule has 0 aromatic heterocycles. The normalized spacial score (nSPS) is 21.1. The molecule has 2 atom stereocenters. The standard InChI is InChI=1S/C16H26FN3/c1-4-20-10-6-7-13(20)11-19(3)16-14(12(2)18)8-5-9-15(16)17/h5,8-9,12-13H,4,6-7,10-11,18H2,1-3H3/t12-,13?/m0/s1. The Kier molecular flexibility index (Phi) is 5.00. The van der Waals surface area contributed by atoms with Crippen molar-refractivity contribution in [1.82, 2.24) is 4.90 Å². The summed E-state index contributed by atoms with van der Waals surface area (Å²) in [7, 11) is 1.97. The van der Waals surface area contributed by atoms with Gasteiger partial charge in [0.25, 0.3) is 0 Å². The lowest BCUT2D eigenvalue weighted by Gasteiger charge is -2.31. The number of halogens is 1. The molecule has 2 rings (SSSR count). The van der Waals surface area contributed by atoms with E-state index in [1.54, 1.807) is 6.07 Å². The maximum Gasteiger partial charge on any atom is 0.146 e. The molecule has 1 aromatic rings. The number of nitrogens with two attached hydrogens (primary N) is 1. The lowest BCUT2D eigenvalue weighted by atomic mass is 10.0. The molecule has 1 aromatic carbocycles. The van der Waals surface area contributed by atoms with E-state index in [0.29, 0.717) is 11.7 Å². The quantitative estimate of drug-likeness (QED) is 0.899. The molecule has 1 heterocycles. The predicted molar refractivity (Wildman–Crippen MR) is 82.5 cm³/mol. The van der Waals surface area contributed by atoms with Crippen molar-refractivity contribution in [2.45, 2.75) is 38.8 Å². The van der Waals surface area contributed by atoms with Gasteiger partial charge in [-0.3, -0.25) is 4.90 Å². The Morgan fingerprint density at radius 3 is 2.90 bits per heavy atom. The molecule has 0 saturated carbocycles. The molecular weight excluding hydrogens is 253 g/mol. The summed E-state index contributed by atoms with van der Waals surface area (Å²) < 4.78 is 14.2. The molecule has 20 heavy (non-hydrogen) atoms. The minimum absolute atomic E-state index is 0.158. The summed E-state index contributed by atoms with van der Waals surface area (Å²) >= 11 is 0. The maximum absolute atomic E-state index is 14.2. The Labute approximate surface area is 121 Å². The first kappa shape index (κ1) is 15.3. The molecule has 112 valence electrons. The summed E-state index contributed by atoms with van der Waals surface area (Å²) in [5, 5.41) is 0. The number of hydrogen-bond acceptors (Lipinski definition) is 3. The Morgan fingerprint density at radius 1 is 1.50 bits per heavy atom. The lowest BCUT2D eigenvalue weighted by molar-refractivity contribution is 0.270. The van der Waals surface area contributed by atoms with Crippen LogP contribution < -0.4 is 10.6 Å². The minimum Gasteiger partial charge on any atom is -0.370 e. The van der Waals surface area contributed by atoms with Crippen LogP contribution in [-0.2, 0) is 0 Å². The van der Waals surface area contributed by atoms with Gasteiger partial charge in [-0.1, -0.05) is 19.1 Å². The zero-order chi connectivity index (χ0) is 14.7. The second kappa shape index (κ2) is 6.55. The number of nitrogens with zero attached hydrogens (tertiary/aromatic N) is 2. The Hall–Kier alpha value is -1.13. The summed E-state index contributed by atoms with van der Waals surface area (Å²) in [4.78, 5) is 4.51. The molecule has 0 bridgehead atoms. The van der Waals surface area contributed by atoms with Crippen LogP contribution in [0.5, 0.6) is 0 Å². The van der Waals surface area contributed by atoms with E-state index in [2.05, 4.69) is 11.8 Å². The minimum atomic E-state index is -0.177. The van der Waals surface area contributed by atoms with Crippen molar-refractivity contribution in [2.75, 3.05) is 31.6 Å². The van der Waals surface area contributed by atoms with Crippen molar-refractivity contribution in [3.05, 3.63) is 29.6 Å². The van der Waals surface area contributed by atoms with Crippen molar-refractivity contribution < 1.29 is 4.39 Å². The molecule has 0 aliphatic carbocycles. The zero-order valence-corrected chi connectivity index (χ0v) is 12.8. The van der Waals surface area contributed by atoms with E-state index < -0.39 is 0 Å². The second-order valence-corrected chi connectivity index (χ2v) is 5.77. The molecule has 1 aliphatic rings. The molecule has 0 amide bonds. The first-order valence-corrected chi connectivity index (χ1v) is 7.53. The van der Waals surface area contributed by atoms with Gasteiger partial charge in [-0.15, -0.1) is 0 Å². The highest BCUT2D eigenvalue weighted by Gasteiger charge is 2.26. The van der Waals surface area contributed by atoms with Crippen molar-refractivity contribution in [3.63, 3.8) is 0 Å². The van der Waals surface area contributed by atoms with E-state index in [1.165, 1.54) is 18.9 Å². The third kappa shape index (κ3) is 3.13. The summed E-state index contributed by atoms with van der Waals surface area (Å²) in [6.45, 7) is 7.17. The van der Waals surface area contributed by atoms with Gasteiger partial charge >= 0.3 is 0 Å². The van der Waals surface area contributed by atoms with Crippen molar-refractivity contribution >= 4 is 5.69 Å². The van der Waals surface area contributed by atoms with E-state index in [-0.39, 0.29) is 11.9 Å². The van der Waals surface area contributed by atoms with Crippen molar-refractivity contribution in [2.24, 2.45) is 5.73 Å². The Bertz CT molecular complexity index is 447. The maximum atomic E-state index is 14.2. The number of likely N-dealkylation sites (N-methyl/N-ethyl adjacent to an activating group) is 2. The molecule has 2 N–H and O–H groups in total. The van der Waals surface area contributed by atoms with E-state index in [1.807, 2.05) is 24.9 Å². The zero-order valence-electron chi connectivity index (χ0n) is 12.8. The van der Waals surface area contributed by atoms with Crippen LogP contribution >= 0.6 is 0 Å². The van der Waals surface area contributed by atoms with Gasteiger partial charge < -0.3 is 10.6 Å². The van der Waals surface area contributed by atoms with Crippen LogP contribution in [0.15, 0.2) is 18.2 Å². The highest BCUT2D eigenvalue weighted by Crippen LogP contribution is 2.29. The number of anilines is 1. The first-order chi connectivity index (χ1) is 9.54. The number of rotatable bonds is 5. The van der Waals surface area contributed by atoms with E-state index in [9.17, 15) is 4.39 Å². The SMILES string of the molecule is CCN1CCCC1CN(C)c1c(F)cccc1[C@H](C)N. The fourth-order valence-electron chi connectivity index (χ4n) is 3.23. The second-order valence-electron chi connectivity index (χ2n) is 5.77. The highest BCUT2D eigenvalue weighted by molar-refractivity contribution is 5.55. The highest BCUT2D eigenvalue weighted by atomic mass is 19.1. The molecule has 4 heteroatoms.